The van der Waals surface area contributed by atoms with Crippen molar-refractivity contribution in [3.8, 4) is 28.5 Å². The second-order valence-electron chi connectivity index (χ2n) is 6.03. The molecule has 4 rings (SSSR count). The summed E-state index contributed by atoms with van der Waals surface area (Å²) in [6, 6.07) is 8.96. The number of fused-ring (bicyclic) bond motifs is 3. The summed E-state index contributed by atoms with van der Waals surface area (Å²) < 4.78 is 11.4. The van der Waals surface area contributed by atoms with Crippen molar-refractivity contribution in [2.24, 2.45) is 0 Å². The molecule has 0 fully saturated rings. The number of pyridine rings is 1. The van der Waals surface area contributed by atoms with Crippen LogP contribution in [0.1, 0.15) is 12.5 Å². The zero-order chi connectivity index (χ0) is 18.3. The maximum atomic E-state index is 9.61. The van der Waals surface area contributed by atoms with Crippen molar-refractivity contribution in [2.45, 2.75) is 13.8 Å². The fraction of sp³-hybridized carbons (Fsp3) is 0.200. The molecule has 2 aromatic heterocycles. The van der Waals surface area contributed by atoms with Crippen LogP contribution in [0.3, 0.4) is 0 Å². The lowest BCUT2D eigenvalue weighted by molar-refractivity contribution is 0.310. The number of aromatic nitrogens is 3. The molecule has 0 aliphatic rings. The number of phenols is 1. The summed E-state index contributed by atoms with van der Waals surface area (Å²) in [6.07, 6.45) is 1.78. The molecule has 2 heterocycles. The summed E-state index contributed by atoms with van der Waals surface area (Å²) in [6.45, 7) is 4.49. The predicted molar refractivity (Wildman–Crippen MR) is 101 cm³/mol. The lowest BCUT2D eigenvalue weighted by atomic mass is 9.97. The van der Waals surface area contributed by atoms with Gasteiger partial charge in [0.1, 0.15) is 5.75 Å². The van der Waals surface area contributed by atoms with Gasteiger partial charge in [-0.05, 0) is 44.2 Å². The number of aromatic hydroxyl groups is 1. The summed E-state index contributed by atoms with van der Waals surface area (Å²) in [7, 11) is 1.64. The molecule has 0 spiro atoms. The Morgan fingerprint density at radius 3 is 2.62 bits per heavy atom. The number of hydrogen-bond acceptors (Lipinski definition) is 5. The number of nitrogens with one attached hydrogen (secondary N) is 1. The molecule has 0 aliphatic carbocycles. The van der Waals surface area contributed by atoms with E-state index in [1.165, 1.54) is 0 Å². The molecule has 0 radical (unpaired) electrons. The molecular formula is C20H19N3O3. The maximum Gasteiger partial charge on any atom is 0.164 e. The quantitative estimate of drug-likeness (QED) is 0.577. The number of benzene rings is 2. The van der Waals surface area contributed by atoms with Gasteiger partial charge in [0.05, 0.1) is 25.6 Å². The van der Waals surface area contributed by atoms with Gasteiger partial charge in [0.2, 0.25) is 0 Å². The van der Waals surface area contributed by atoms with Crippen LogP contribution in [0.5, 0.6) is 17.2 Å². The molecule has 0 amide bonds. The van der Waals surface area contributed by atoms with Crippen LogP contribution < -0.4 is 9.47 Å². The van der Waals surface area contributed by atoms with E-state index in [1.807, 2.05) is 32.0 Å². The standard InChI is InChI=1S/C20H19N3O3/c1-4-26-16-9-14-17(11(2)19(16)25-3)15-10-21-23-20(15)22-18(14)12-5-7-13(24)8-6-12/h5-10,24H,4H2,1-3H3,(H,21,22,23). The molecule has 132 valence electrons. The average Bonchev–Trinajstić information content (AvgIpc) is 3.10. The second kappa shape index (κ2) is 6.22. The number of H-pyrrole nitrogens is 1. The number of rotatable bonds is 4. The molecule has 26 heavy (non-hydrogen) atoms. The van der Waals surface area contributed by atoms with Gasteiger partial charge in [0.15, 0.2) is 17.1 Å². The van der Waals surface area contributed by atoms with E-state index in [2.05, 4.69) is 10.2 Å². The fourth-order valence-corrected chi connectivity index (χ4v) is 3.38. The first kappa shape index (κ1) is 16.2. The molecule has 2 N–H and O–H groups in total. The van der Waals surface area contributed by atoms with E-state index in [1.54, 1.807) is 25.4 Å². The van der Waals surface area contributed by atoms with Crippen molar-refractivity contribution in [3.63, 3.8) is 0 Å². The predicted octanol–water partition coefficient (Wildman–Crippen LogP) is 4.20. The van der Waals surface area contributed by atoms with Crippen LogP contribution in [0.2, 0.25) is 0 Å². The lowest BCUT2D eigenvalue weighted by Gasteiger charge is -2.17. The summed E-state index contributed by atoms with van der Waals surface area (Å²) in [5, 5.41) is 19.6. The number of ether oxygens (including phenoxy) is 2. The van der Waals surface area contributed by atoms with Crippen LogP contribution in [0.25, 0.3) is 33.1 Å². The van der Waals surface area contributed by atoms with Crippen LogP contribution >= 0.6 is 0 Å². The summed E-state index contributed by atoms with van der Waals surface area (Å²) in [4.78, 5) is 4.77. The van der Waals surface area contributed by atoms with Gasteiger partial charge in [0.25, 0.3) is 0 Å². The van der Waals surface area contributed by atoms with Gasteiger partial charge in [-0.1, -0.05) is 0 Å². The molecule has 0 unspecified atom stereocenters. The third-order valence-corrected chi connectivity index (χ3v) is 4.50. The Hall–Kier alpha value is -3.28. The van der Waals surface area contributed by atoms with Crippen molar-refractivity contribution in [3.05, 3.63) is 42.1 Å². The van der Waals surface area contributed by atoms with E-state index >= 15 is 0 Å². The normalized spacial score (nSPS) is 11.2. The molecule has 0 saturated heterocycles. The SMILES string of the molecule is CCOc1cc2c(-c3ccc(O)cc3)nc3[nH]ncc3c2c(C)c1OC. The fourth-order valence-electron chi connectivity index (χ4n) is 3.38. The van der Waals surface area contributed by atoms with Crippen molar-refractivity contribution < 1.29 is 14.6 Å². The van der Waals surface area contributed by atoms with Gasteiger partial charge in [-0.2, -0.15) is 5.10 Å². The van der Waals surface area contributed by atoms with Gasteiger partial charge in [-0.15, -0.1) is 0 Å². The van der Waals surface area contributed by atoms with Crippen LogP contribution in [-0.2, 0) is 0 Å². The van der Waals surface area contributed by atoms with Crippen molar-refractivity contribution in [2.75, 3.05) is 13.7 Å². The Labute approximate surface area is 150 Å². The highest BCUT2D eigenvalue weighted by atomic mass is 16.5. The minimum atomic E-state index is 0.216. The molecule has 6 heteroatoms. The summed E-state index contributed by atoms with van der Waals surface area (Å²) in [5.74, 6) is 1.61. The molecule has 0 atom stereocenters. The Morgan fingerprint density at radius 2 is 1.92 bits per heavy atom. The maximum absolute atomic E-state index is 9.61. The Balaban J connectivity index is 2.14. The number of phenolic OH excluding ortho intramolecular Hbond substituents is 1. The van der Waals surface area contributed by atoms with E-state index in [0.29, 0.717) is 23.8 Å². The highest BCUT2D eigenvalue weighted by Gasteiger charge is 2.19. The molecule has 2 aromatic carbocycles. The highest BCUT2D eigenvalue weighted by Crippen LogP contribution is 2.42. The number of hydrogen-bond donors (Lipinski definition) is 2. The zero-order valence-corrected chi connectivity index (χ0v) is 14.8. The lowest BCUT2D eigenvalue weighted by Crippen LogP contribution is -1.99. The number of methoxy groups -OCH3 is 1. The Morgan fingerprint density at radius 1 is 1.15 bits per heavy atom. The summed E-state index contributed by atoms with van der Waals surface area (Å²) >= 11 is 0. The van der Waals surface area contributed by atoms with Gasteiger partial charge in [0, 0.05) is 27.3 Å². The topological polar surface area (TPSA) is 80.3 Å². The molecular weight excluding hydrogens is 330 g/mol. The van der Waals surface area contributed by atoms with Crippen molar-refractivity contribution >= 4 is 21.8 Å². The summed E-state index contributed by atoms with van der Waals surface area (Å²) in [5.41, 5.74) is 3.37. The van der Waals surface area contributed by atoms with E-state index in [4.69, 9.17) is 14.5 Å². The zero-order valence-electron chi connectivity index (χ0n) is 14.8. The second-order valence-corrected chi connectivity index (χ2v) is 6.03. The monoisotopic (exact) mass is 349 g/mol. The molecule has 0 saturated carbocycles. The van der Waals surface area contributed by atoms with Crippen LogP contribution in [0, 0.1) is 6.92 Å². The smallest absolute Gasteiger partial charge is 0.164 e. The average molecular weight is 349 g/mol. The minimum Gasteiger partial charge on any atom is -0.508 e. The Kier molecular flexibility index (Phi) is 3.88. The van der Waals surface area contributed by atoms with E-state index < -0.39 is 0 Å². The number of nitrogens with zero attached hydrogens (tertiary/aromatic N) is 2. The van der Waals surface area contributed by atoms with E-state index in [-0.39, 0.29) is 5.75 Å². The van der Waals surface area contributed by atoms with Crippen LogP contribution in [0.15, 0.2) is 36.5 Å². The largest absolute Gasteiger partial charge is 0.508 e. The Bertz CT molecular complexity index is 1100. The molecule has 0 bridgehead atoms. The molecule has 4 aromatic rings. The first-order valence-electron chi connectivity index (χ1n) is 8.40. The van der Waals surface area contributed by atoms with E-state index in [9.17, 15) is 5.11 Å². The van der Waals surface area contributed by atoms with Gasteiger partial charge >= 0.3 is 0 Å². The third kappa shape index (κ3) is 2.42. The van der Waals surface area contributed by atoms with Gasteiger partial charge in [-0.3, -0.25) is 5.10 Å². The highest BCUT2D eigenvalue weighted by molar-refractivity contribution is 6.12. The minimum absolute atomic E-state index is 0.216. The van der Waals surface area contributed by atoms with Crippen LogP contribution in [0.4, 0.5) is 0 Å². The van der Waals surface area contributed by atoms with Gasteiger partial charge in [-0.25, -0.2) is 4.98 Å². The first-order valence-corrected chi connectivity index (χ1v) is 8.40. The van der Waals surface area contributed by atoms with E-state index in [0.717, 1.165) is 33.0 Å². The third-order valence-electron chi connectivity index (χ3n) is 4.50. The molecule has 6 nitrogen and oxygen atoms in total. The number of aryl methyl sites for hydroxylation is 1. The van der Waals surface area contributed by atoms with Crippen molar-refractivity contribution in [1.82, 2.24) is 15.2 Å². The van der Waals surface area contributed by atoms with Gasteiger partial charge < -0.3 is 14.6 Å². The van der Waals surface area contributed by atoms with Crippen LogP contribution in [-0.4, -0.2) is 34.0 Å². The van der Waals surface area contributed by atoms with Crippen molar-refractivity contribution in [1.29, 1.82) is 0 Å². The number of aromatic amines is 1. The molecule has 0 aliphatic heterocycles. The first-order chi connectivity index (χ1) is 12.6.